The van der Waals surface area contributed by atoms with Crippen LogP contribution in [0.15, 0.2) is 26.7 Å². The summed E-state index contributed by atoms with van der Waals surface area (Å²) in [5.41, 5.74) is 5.92. The molecular formula is C14H24IN3O3S2. The largest absolute Gasteiger partial charge is 0.390 e. The Labute approximate surface area is 158 Å². The second-order valence-electron chi connectivity index (χ2n) is 5.74. The van der Waals surface area contributed by atoms with Crippen molar-refractivity contribution in [3.8, 4) is 0 Å². The number of hydrogen-bond donors (Lipinski definition) is 2. The van der Waals surface area contributed by atoms with E-state index >= 15 is 0 Å². The van der Waals surface area contributed by atoms with E-state index < -0.39 is 15.9 Å². The topological polar surface area (TPSA) is 96.0 Å². The van der Waals surface area contributed by atoms with Gasteiger partial charge in [-0.25, -0.2) is 8.42 Å². The van der Waals surface area contributed by atoms with Crippen LogP contribution in [-0.2, 0) is 9.84 Å². The molecule has 0 saturated carbocycles. The Morgan fingerprint density at radius 1 is 1.52 bits per heavy atom. The first-order valence-corrected chi connectivity index (χ1v) is 9.91. The lowest BCUT2D eigenvalue weighted by Crippen LogP contribution is -2.43. The number of hydrogen-bond acceptors (Lipinski definition) is 5. The van der Waals surface area contributed by atoms with Gasteiger partial charge in [-0.1, -0.05) is 13.0 Å². The molecule has 0 aliphatic carbocycles. The lowest BCUT2D eigenvalue weighted by atomic mass is 10.00. The molecule has 0 radical (unpaired) electrons. The quantitative estimate of drug-likeness (QED) is 0.385. The molecule has 6 nitrogen and oxygen atoms in total. The molecule has 0 spiro atoms. The third-order valence-corrected chi connectivity index (χ3v) is 7.07. The van der Waals surface area contributed by atoms with Crippen LogP contribution >= 0.6 is 35.3 Å². The SMILES string of the molecule is CC1CCN(C(N)=NCC(O)CS(=O)(=O)c2cccs2)CC1.I. The van der Waals surface area contributed by atoms with Gasteiger partial charge in [0.2, 0.25) is 0 Å². The number of aliphatic hydroxyl groups is 1. The van der Waals surface area contributed by atoms with Gasteiger partial charge in [0.05, 0.1) is 18.4 Å². The summed E-state index contributed by atoms with van der Waals surface area (Å²) in [6, 6.07) is 3.22. The van der Waals surface area contributed by atoms with Gasteiger partial charge in [-0.2, -0.15) is 0 Å². The summed E-state index contributed by atoms with van der Waals surface area (Å²) >= 11 is 1.15. The molecule has 1 atom stereocenters. The molecular weight excluding hydrogens is 449 g/mol. The van der Waals surface area contributed by atoms with Crippen molar-refractivity contribution in [2.24, 2.45) is 16.6 Å². The van der Waals surface area contributed by atoms with E-state index in [1.807, 2.05) is 4.90 Å². The molecule has 0 aromatic carbocycles. The van der Waals surface area contributed by atoms with Gasteiger partial charge >= 0.3 is 0 Å². The van der Waals surface area contributed by atoms with E-state index in [1.165, 1.54) is 0 Å². The molecule has 0 bridgehead atoms. The molecule has 2 rings (SSSR count). The highest BCUT2D eigenvalue weighted by atomic mass is 127. The van der Waals surface area contributed by atoms with Crippen LogP contribution in [0.4, 0.5) is 0 Å². The third kappa shape index (κ3) is 6.20. The molecule has 23 heavy (non-hydrogen) atoms. The van der Waals surface area contributed by atoms with Gasteiger partial charge in [-0.3, -0.25) is 4.99 Å². The number of aliphatic imine (C=N–C) groups is 1. The lowest BCUT2D eigenvalue weighted by Gasteiger charge is -2.31. The number of thiophene rings is 1. The maximum Gasteiger partial charge on any atom is 0.191 e. The Kier molecular flexibility index (Phi) is 8.25. The number of aliphatic hydroxyl groups excluding tert-OH is 1. The summed E-state index contributed by atoms with van der Waals surface area (Å²) < 4.78 is 24.4. The Bertz CT molecular complexity index is 597. The average Bonchev–Trinajstić information content (AvgIpc) is 3.00. The number of piperidine rings is 1. The zero-order valence-electron chi connectivity index (χ0n) is 13.1. The zero-order valence-corrected chi connectivity index (χ0v) is 17.1. The van der Waals surface area contributed by atoms with Crippen molar-refractivity contribution in [2.75, 3.05) is 25.4 Å². The van der Waals surface area contributed by atoms with Gasteiger partial charge in [0, 0.05) is 13.1 Å². The highest BCUT2D eigenvalue weighted by molar-refractivity contribution is 14.0. The fourth-order valence-corrected chi connectivity index (χ4v) is 4.83. The van der Waals surface area contributed by atoms with E-state index in [0.29, 0.717) is 11.9 Å². The standard InChI is InChI=1S/C14H23N3O3S2.HI/c1-11-4-6-17(7-5-11)14(15)16-9-12(18)10-22(19,20)13-3-2-8-21-13;/h2-3,8,11-12,18H,4-7,9-10H2,1H3,(H2,15,16);1H. The molecule has 1 aliphatic rings. The zero-order chi connectivity index (χ0) is 16.2. The number of nitrogens with zero attached hydrogens (tertiary/aromatic N) is 2. The first-order chi connectivity index (χ1) is 10.4. The van der Waals surface area contributed by atoms with Crippen LogP contribution in [0, 0.1) is 5.92 Å². The number of guanidine groups is 1. The summed E-state index contributed by atoms with van der Waals surface area (Å²) in [5.74, 6) is 0.756. The van der Waals surface area contributed by atoms with E-state index in [0.717, 1.165) is 37.3 Å². The molecule has 1 aromatic heterocycles. The molecule has 9 heteroatoms. The minimum absolute atomic E-state index is 0. The molecule has 1 unspecified atom stereocenters. The van der Waals surface area contributed by atoms with E-state index in [1.54, 1.807) is 17.5 Å². The van der Waals surface area contributed by atoms with Gasteiger partial charge < -0.3 is 15.7 Å². The van der Waals surface area contributed by atoms with Crippen LogP contribution < -0.4 is 5.73 Å². The van der Waals surface area contributed by atoms with Crippen molar-refractivity contribution >= 4 is 51.1 Å². The second kappa shape index (κ2) is 9.19. The molecule has 132 valence electrons. The summed E-state index contributed by atoms with van der Waals surface area (Å²) in [7, 11) is -3.45. The molecule has 3 N–H and O–H groups in total. The Balaban J connectivity index is 0.00000264. The van der Waals surface area contributed by atoms with E-state index in [4.69, 9.17) is 5.73 Å². The Morgan fingerprint density at radius 3 is 2.74 bits per heavy atom. The fourth-order valence-electron chi connectivity index (χ4n) is 2.37. The van der Waals surface area contributed by atoms with Crippen molar-refractivity contribution in [1.82, 2.24) is 4.90 Å². The number of likely N-dealkylation sites (tertiary alicyclic amines) is 1. The van der Waals surface area contributed by atoms with Crippen molar-refractivity contribution in [1.29, 1.82) is 0 Å². The smallest absolute Gasteiger partial charge is 0.191 e. The van der Waals surface area contributed by atoms with Crippen molar-refractivity contribution < 1.29 is 13.5 Å². The number of nitrogens with two attached hydrogens (primary N) is 1. The Hall–Kier alpha value is -0.390. The summed E-state index contributed by atoms with van der Waals surface area (Å²) in [6.45, 7) is 3.94. The lowest BCUT2D eigenvalue weighted by molar-refractivity contribution is 0.205. The van der Waals surface area contributed by atoms with Crippen LogP contribution in [0.25, 0.3) is 0 Å². The monoisotopic (exact) mass is 473 g/mol. The third-order valence-electron chi connectivity index (χ3n) is 3.79. The normalized spacial score (nSPS) is 18.5. The maximum absolute atomic E-state index is 12.0. The second-order valence-corrected chi connectivity index (χ2v) is 8.94. The van der Waals surface area contributed by atoms with Gasteiger partial charge in [-0.15, -0.1) is 35.3 Å². The van der Waals surface area contributed by atoms with Crippen molar-refractivity contribution in [3.05, 3.63) is 17.5 Å². The predicted molar refractivity (Wildman–Crippen MR) is 104 cm³/mol. The first kappa shape index (κ1) is 20.7. The molecule has 1 saturated heterocycles. The van der Waals surface area contributed by atoms with Crippen molar-refractivity contribution in [2.45, 2.75) is 30.1 Å². The highest BCUT2D eigenvalue weighted by Gasteiger charge is 2.21. The fraction of sp³-hybridized carbons (Fsp3) is 0.643. The molecule has 1 aromatic rings. The van der Waals surface area contributed by atoms with Crippen LogP contribution in [0.3, 0.4) is 0 Å². The Morgan fingerprint density at radius 2 is 2.17 bits per heavy atom. The van der Waals surface area contributed by atoms with Crippen LogP contribution in [-0.4, -0.2) is 55.9 Å². The molecule has 1 aliphatic heterocycles. The summed E-state index contributed by atoms with van der Waals surface area (Å²) in [4.78, 5) is 6.13. The summed E-state index contributed by atoms with van der Waals surface area (Å²) in [5, 5.41) is 11.6. The van der Waals surface area contributed by atoms with Gasteiger partial charge in [0.25, 0.3) is 0 Å². The van der Waals surface area contributed by atoms with Crippen LogP contribution in [0.1, 0.15) is 19.8 Å². The van der Waals surface area contributed by atoms with Crippen molar-refractivity contribution in [3.63, 3.8) is 0 Å². The molecule has 0 amide bonds. The average molecular weight is 473 g/mol. The van der Waals surface area contributed by atoms with E-state index in [2.05, 4.69) is 11.9 Å². The predicted octanol–water partition coefficient (Wildman–Crippen LogP) is 1.55. The number of sulfone groups is 1. The summed E-state index contributed by atoms with van der Waals surface area (Å²) in [6.07, 6.45) is 1.10. The molecule has 2 heterocycles. The van der Waals surface area contributed by atoms with Gasteiger partial charge in [0.1, 0.15) is 4.21 Å². The first-order valence-electron chi connectivity index (χ1n) is 7.37. The van der Waals surface area contributed by atoms with Crippen LogP contribution in [0.5, 0.6) is 0 Å². The molecule has 1 fully saturated rings. The van der Waals surface area contributed by atoms with E-state index in [-0.39, 0.29) is 40.5 Å². The maximum atomic E-state index is 12.0. The number of rotatable bonds is 5. The van der Waals surface area contributed by atoms with Gasteiger partial charge in [0.15, 0.2) is 15.8 Å². The van der Waals surface area contributed by atoms with E-state index in [9.17, 15) is 13.5 Å². The highest BCUT2D eigenvalue weighted by Crippen LogP contribution is 2.18. The van der Waals surface area contributed by atoms with Crippen LogP contribution in [0.2, 0.25) is 0 Å². The minimum Gasteiger partial charge on any atom is -0.390 e. The number of halogens is 1. The van der Waals surface area contributed by atoms with Gasteiger partial charge in [-0.05, 0) is 30.2 Å². The minimum atomic E-state index is -3.45.